The molecule has 3 nitrogen and oxygen atoms in total. The molecule has 0 aliphatic rings. The molecule has 102 valence electrons. The van der Waals surface area contributed by atoms with E-state index in [1.807, 2.05) is 43.3 Å². The predicted molar refractivity (Wildman–Crippen MR) is 82.1 cm³/mol. The van der Waals surface area contributed by atoms with E-state index >= 15 is 0 Å². The highest BCUT2D eigenvalue weighted by Crippen LogP contribution is 2.28. The molecule has 0 fully saturated rings. The number of rotatable bonds is 4. The van der Waals surface area contributed by atoms with Gasteiger partial charge in [-0.05, 0) is 54.5 Å². The van der Waals surface area contributed by atoms with Crippen LogP contribution in [0.3, 0.4) is 0 Å². The van der Waals surface area contributed by atoms with Crippen molar-refractivity contribution < 1.29 is 14.6 Å². The first-order chi connectivity index (χ1) is 9.54. The minimum absolute atomic E-state index is 0.669. The first kappa shape index (κ1) is 14.3. The monoisotopic (exact) mass is 332 g/mol. The van der Waals surface area contributed by atoms with E-state index in [2.05, 4.69) is 15.9 Å². The van der Waals surface area contributed by atoms with Crippen LogP contribution in [0.4, 0.5) is 0 Å². The van der Waals surface area contributed by atoms with Gasteiger partial charge in [-0.3, -0.25) is 0 Å². The van der Waals surface area contributed by atoms with Crippen LogP contribution in [0.1, 0.15) is 11.1 Å². The molecule has 4 heteroatoms. The first-order valence-electron chi connectivity index (χ1n) is 6.00. The summed E-state index contributed by atoms with van der Waals surface area (Å²) in [7, 11) is 0. The zero-order valence-corrected chi connectivity index (χ0v) is 12.4. The molecule has 1 N–H and O–H groups in total. The lowest BCUT2D eigenvalue weighted by Crippen LogP contribution is -1.89. The Morgan fingerprint density at radius 3 is 2.75 bits per heavy atom. The average molecular weight is 333 g/mol. The van der Waals surface area contributed by atoms with Crippen LogP contribution in [-0.4, -0.2) is 11.1 Å². The lowest BCUT2D eigenvalue weighted by molar-refractivity contribution is -0.131. The van der Waals surface area contributed by atoms with E-state index in [0.29, 0.717) is 5.75 Å². The van der Waals surface area contributed by atoms with Crippen molar-refractivity contribution >= 4 is 28.0 Å². The Morgan fingerprint density at radius 1 is 1.25 bits per heavy atom. The summed E-state index contributed by atoms with van der Waals surface area (Å²) in [5.74, 6) is 0.468. The Balaban J connectivity index is 2.21. The highest BCUT2D eigenvalue weighted by atomic mass is 79.9. The second kappa shape index (κ2) is 6.39. The number of carboxylic acids is 1. The minimum atomic E-state index is -0.972. The number of halogens is 1. The molecule has 0 atom stereocenters. The number of benzene rings is 2. The molecular formula is C16H13BrO3. The van der Waals surface area contributed by atoms with Crippen molar-refractivity contribution in [2.24, 2.45) is 0 Å². The molecule has 0 aliphatic carbocycles. The fourth-order valence-electron chi connectivity index (χ4n) is 1.70. The normalized spacial score (nSPS) is 10.7. The molecule has 0 aromatic heterocycles. The number of hydrogen-bond acceptors (Lipinski definition) is 2. The molecule has 0 bridgehead atoms. The van der Waals surface area contributed by atoms with Crippen LogP contribution in [0.15, 0.2) is 53.0 Å². The second-order valence-corrected chi connectivity index (χ2v) is 5.17. The topological polar surface area (TPSA) is 46.5 Å². The van der Waals surface area contributed by atoms with Gasteiger partial charge in [-0.1, -0.05) is 28.1 Å². The smallest absolute Gasteiger partial charge is 0.328 e. The van der Waals surface area contributed by atoms with E-state index in [-0.39, 0.29) is 0 Å². The van der Waals surface area contributed by atoms with Gasteiger partial charge >= 0.3 is 5.97 Å². The van der Waals surface area contributed by atoms with Crippen LogP contribution >= 0.6 is 15.9 Å². The number of carboxylic acid groups (broad SMARTS) is 1. The summed E-state index contributed by atoms with van der Waals surface area (Å²) in [5.41, 5.74) is 1.80. The van der Waals surface area contributed by atoms with Gasteiger partial charge in [0.1, 0.15) is 11.5 Å². The zero-order valence-electron chi connectivity index (χ0n) is 10.8. The summed E-state index contributed by atoms with van der Waals surface area (Å²) in [6, 6.07) is 13.0. The summed E-state index contributed by atoms with van der Waals surface area (Å²) in [6.45, 7) is 1.97. The Hall–Kier alpha value is -2.07. The molecule has 0 heterocycles. The molecule has 0 radical (unpaired) electrons. The predicted octanol–water partition coefficient (Wildman–Crippen LogP) is 4.65. The van der Waals surface area contributed by atoms with Crippen LogP contribution in [0, 0.1) is 6.92 Å². The molecule has 0 amide bonds. The van der Waals surface area contributed by atoms with Gasteiger partial charge in [-0.25, -0.2) is 4.79 Å². The standard InChI is InChI=1S/C16H13BrO3/c1-11-9-13(17)6-7-15(11)20-14-4-2-3-12(10-14)5-8-16(18)19/h2-10H,1H3,(H,18,19). The Bertz CT molecular complexity index is 663. The lowest BCUT2D eigenvalue weighted by Gasteiger charge is -2.09. The molecule has 2 rings (SSSR count). The molecule has 2 aromatic rings. The summed E-state index contributed by atoms with van der Waals surface area (Å²) >= 11 is 3.41. The van der Waals surface area contributed by atoms with Crippen molar-refractivity contribution in [3.05, 3.63) is 64.1 Å². The van der Waals surface area contributed by atoms with Gasteiger partial charge in [0.2, 0.25) is 0 Å². The van der Waals surface area contributed by atoms with Gasteiger partial charge in [0.05, 0.1) is 0 Å². The van der Waals surface area contributed by atoms with Gasteiger partial charge in [0.25, 0.3) is 0 Å². The van der Waals surface area contributed by atoms with Crippen LogP contribution < -0.4 is 4.74 Å². The number of aliphatic carboxylic acids is 1. The molecule has 20 heavy (non-hydrogen) atoms. The van der Waals surface area contributed by atoms with Crippen molar-refractivity contribution in [1.29, 1.82) is 0 Å². The van der Waals surface area contributed by atoms with Gasteiger partial charge in [-0.2, -0.15) is 0 Å². The van der Waals surface area contributed by atoms with Crippen molar-refractivity contribution in [2.45, 2.75) is 6.92 Å². The van der Waals surface area contributed by atoms with Crippen LogP contribution in [-0.2, 0) is 4.79 Å². The number of carbonyl (C=O) groups is 1. The zero-order chi connectivity index (χ0) is 14.5. The van der Waals surface area contributed by atoms with E-state index in [0.717, 1.165) is 27.4 Å². The van der Waals surface area contributed by atoms with Crippen LogP contribution in [0.5, 0.6) is 11.5 Å². The van der Waals surface area contributed by atoms with E-state index in [1.54, 1.807) is 6.07 Å². The van der Waals surface area contributed by atoms with Gasteiger partial charge in [0.15, 0.2) is 0 Å². The third-order valence-corrected chi connectivity index (χ3v) is 3.13. The Morgan fingerprint density at radius 2 is 2.05 bits per heavy atom. The van der Waals surface area contributed by atoms with Gasteiger partial charge in [0, 0.05) is 10.5 Å². The highest BCUT2D eigenvalue weighted by Gasteiger charge is 2.02. The van der Waals surface area contributed by atoms with Gasteiger partial charge in [-0.15, -0.1) is 0 Å². The summed E-state index contributed by atoms with van der Waals surface area (Å²) in [4.78, 5) is 10.5. The summed E-state index contributed by atoms with van der Waals surface area (Å²) < 4.78 is 6.81. The summed E-state index contributed by atoms with van der Waals surface area (Å²) in [6.07, 6.45) is 2.63. The van der Waals surface area contributed by atoms with E-state index < -0.39 is 5.97 Å². The van der Waals surface area contributed by atoms with E-state index in [9.17, 15) is 4.79 Å². The SMILES string of the molecule is Cc1cc(Br)ccc1Oc1cccc(C=CC(=O)O)c1. The first-order valence-corrected chi connectivity index (χ1v) is 6.79. The molecular weight excluding hydrogens is 320 g/mol. The van der Waals surface area contributed by atoms with Crippen LogP contribution in [0.2, 0.25) is 0 Å². The number of hydrogen-bond donors (Lipinski definition) is 1. The molecule has 0 spiro atoms. The van der Waals surface area contributed by atoms with Crippen molar-refractivity contribution in [2.75, 3.05) is 0 Å². The Labute approximate surface area is 125 Å². The third-order valence-electron chi connectivity index (χ3n) is 2.64. The van der Waals surface area contributed by atoms with Crippen molar-refractivity contribution in [1.82, 2.24) is 0 Å². The third kappa shape index (κ3) is 3.96. The van der Waals surface area contributed by atoms with E-state index in [4.69, 9.17) is 9.84 Å². The number of ether oxygens (including phenoxy) is 1. The maximum absolute atomic E-state index is 10.5. The average Bonchev–Trinajstić information content (AvgIpc) is 2.40. The van der Waals surface area contributed by atoms with E-state index in [1.165, 1.54) is 6.08 Å². The van der Waals surface area contributed by atoms with Crippen molar-refractivity contribution in [3.8, 4) is 11.5 Å². The lowest BCUT2D eigenvalue weighted by atomic mass is 10.2. The minimum Gasteiger partial charge on any atom is -0.478 e. The second-order valence-electron chi connectivity index (χ2n) is 4.26. The molecule has 0 unspecified atom stereocenters. The largest absolute Gasteiger partial charge is 0.478 e. The van der Waals surface area contributed by atoms with Crippen LogP contribution in [0.25, 0.3) is 6.08 Å². The fourth-order valence-corrected chi connectivity index (χ4v) is 2.18. The van der Waals surface area contributed by atoms with Crippen molar-refractivity contribution in [3.63, 3.8) is 0 Å². The molecule has 0 saturated heterocycles. The maximum Gasteiger partial charge on any atom is 0.328 e. The molecule has 2 aromatic carbocycles. The van der Waals surface area contributed by atoms with Gasteiger partial charge < -0.3 is 9.84 Å². The summed E-state index contributed by atoms with van der Waals surface area (Å²) in [5, 5.41) is 8.62. The molecule has 0 aliphatic heterocycles. The highest BCUT2D eigenvalue weighted by molar-refractivity contribution is 9.10. The molecule has 0 saturated carbocycles. The quantitative estimate of drug-likeness (QED) is 0.829. The fraction of sp³-hybridized carbons (Fsp3) is 0.0625. The Kier molecular flexibility index (Phi) is 4.58. The maximum atomic E-state index is 10.5. The number of aryl methyl sites for hydroxylation is 1.